The van der Waals surface area contributed by atoms with Gasteiger partial charge in [-0.05, 0) is 44.9 Å². The van der Waals surface area contributed by atoms with E-state index in [1.54, 1.807) is 0 Å². The molecule has 0 saturated carbocycles. The van der Waals surface area contributed by atoms with Crippen molar-refractivity contribution in [3.05, 3.63) is 0 Å². The van der Waals surface area contributed by atoms with E-state index in [4.69, 9.17) is 11.5 Å². The molecule has 12 heteroatoms. The highest BCUT2D eigenvalue weighted by molar-refractivity contribution is 5.84. The highest BCUT2D eigenvalue weighted by Crippen LogP contribution is 2.31. The first-order valence-corrected chi connectivity index (χ1v) is 13.5. The van der Waals surface area contributed by atoms with Crippen LogP contribution in [0.2, 0.25) is 0 Å². The van der Waals surface area contributed by atoms with E-state index in [-0.39, 0.29) is 53.7 Å². The van der Waals surface area contributed by atoms with Gasteiger partial charge in [-0.1, -0.05) is 13.8 Å². The number of nitrogens with two attached hydrogens (primary N) is 2. The molecule has 0 radical (unpaired) electrons. The van der Waals surface area contributed by atoms with Crippen LogP contribution in [-0.4, -0.2) is 59.3 Å². The van der Waals surface area contributed by atoms with Crippen molar-refractivity contribution in [3.63, 3.8) is 0 Å². The van der Waals surface area contributed by atoms with Gasteiger partial charge < -0.3 is 32.9 Å². The number of amidine groups is 1. The van der Waals surface area contributed by atoms with Gasteiger partial charge in [0.05, 0.1) is 29.9 Å². The minimum Gasteiger partial charge on any atom is -0.481 e. The lowest BCUT2D eigenvalue weighted by molar-refractivity contribution is -0.425. The lowest BCUT2D eigenvalue weighted by Crippen LogP contribution is -2.63. The Morgan fingerprint density at radius 1 is 1.26 bits per heavy atom. The number of hydrogen-bond acceptors (Lipinski definition) is 7. The minimum atomic E-state index is -0.919. The molecule has 0 bridgehead atoms. The molecule has 9 unspecified atom stereocenters. The number of nitrogens with zero attached hydrogens (tertiary/aromatic N) is 2. The molecule has 0 aliphatic carbocycles. The third-order valence-corrected chi connectivity index (χ3v) is 7.97. The maximum Gasteiger partial charge on any atom is 0.306 e. The third kappa shape index (κ3) is 9.28. The quantitative estimate of drug-likeness (QED) is 0.136. The molecule has 0 spiro atoms. The molecule has 12 nitrogen and oxygen atoms in total. The summed E-state index contributed by atoms with van der Waals surface area (Å²) in [4.78, 5) is 51.1. The Labute approximate surface area is 224 Å². The van der Waals surface area contributed by atoms with Crippen molar-refractivity contribution in [1.29, 1.82) is 5.26 Å². The summed E-state index contributed by atoms with van der Waals surface area (Å²) >= 11 is 0. The monoisotopic (exact) mass is 534 g/mol. The van der Waals surface area contributed by atoms with E-state index in [1.165, 1.54) is 0 Å². The van der Waals surface area contributed by atoms with Crippen LogP contribution in [0.5, 0.6) is 0 Å². The summed E-state index contributed by atoms with van der Waals surface area (Å²) in [6.07, 6.45) is 5.02. The second-order valence-electron chi connectivity index (χ2n) is 11.1. The summed E-state index contributed by atoms with van der Waals surface area (Å²) in [7, 11) is 0. The summed E-state index contributed by atoms with van der Waals surface area (Å²) in [6.45, 7) is 3.70. The van der Waals surface area contributed by atoms with Crippen LogP contribution in [0.1, 0.15) is 71.6 Å². The molecule has 2 heterocycles. The van der Waals surface area contributed by atoms with E-state index in [0.29, 0.717) is 70.0 Å². The largest absolute Gasteiger partial charge is 0.481 e. The molecule has 1 saturated heterocycles. The van der Waals surface area contributed by atoms with E-state index in [1.807, 2.05) is 13.8 Å². The van der Waals surface area contributed by atoms with Crippen LogP contribution < -0.4 is 27.8 Å². The lowest BCUT2D eigenvalue weighted by atomic mass is 9.84. The molecule has 2 aliphatic rings. The van der Waals surface area contributed by atoms with Crippen LogP contribution in [0.3, 0.4) is 0 Å². The zero-order chi connectivity index (χ0) is 28.4. The highest BCUT2D eigenvalue weighted by atomic mass is 16.4. The van der Waals surface area contributed by atoms with Gasteiger partial charge in [0.25, 0.3) is 0 Å². The number of carboxylic acids is 1. The predicted molar refractivity (Wildman–Crippen MR) is 140 cm³/mol. The maximum atomic E-state index is 11.9. The zero-order valence-corrected chi connectivity index (χ0v) is 22.5. The molecule has 2 rings (SSSR count). The van der Waals surface area contributed by atoms with Crippen molar-refractivity contribution in [2.24, 2.45) is 46.0 Å². The number of nitrogens with one attached hydrogen (secondary N) is 2. The highest BCUT2D eigenvalue weighted by Gasteiger charge is 2.35. The third-order valence-electron chi connectivity index (χ3n) is 7.97. The molecule has 10 N–H and O–H groups in total. The number of carbonyl (C=O) groups excluding carboxylic acids is 3. The molecule has 0 aromatic heterocycles. The van der Waals surface area contributed by atoms with Gasteiger partial charge in [0.2, 0.25) is 18.2 Å². The number of quaternary nitrogens is 1. The number of carboxylic acid groups (broad SMARTS) is 1. The lowest BCUT2D eigenvalue weighted by Gasteiger charge is -2.24. The molecule has 38 heavy (non-hydrogen) atoms. The van der Waals surface area contributed by atoms with Gasteiger partial charge in [0.15, 0.2) is 0 Å². The van der Waals surface area contributed by atoms with Crippen molar-refractivity contribution in [3.8, 4) is 6.07 Å². The second-order valence-corrected chi connectivity index (χ2v) is 11.1. The Morgan fingerprint density at radius 2 is 1.97 bits per heavy atom. The number of rotatable bonds is 17. The number of aliphatic carboxylic acids is 1. The van der Waals surface area contributed by atoms with E-state index < -0.39 is 17.8 Å². The van der Waals surface area contributed by atoms with Gasteiger partial charge in [0, 0.05) is 48.6 Å². The summed E-state index contributed by atoms with van der Waals surface area (Å²) in [6, 6.07) is 1.48. The summed E-state index contributed by atoms with van der Waals surface area (Å²) in [5.41, 5.74) is 15.8. The van der Waals surface area contributed by atoms with Crippen LogP contribution in [-0.2, 0) is 19.2 Å². The van der Waals surface area contributed by atoms with Crippen molar-refractivity contribution in [1.82, 2.24) is 10.6 Å². The van der Waals surface area contributed by atoms with Gasteiger partial charge in [-0.25, -0.2) is 0 Å². The topological polar surface area (TPSA) is 228 Å². The first-order chi connectivity index (χ1) is 18.0. The summed E-state index contributed by atoms with van der Waals surface area (Å²) in [5, 5.41) is 25.0. The summed E-state index contributed by atoms with van der Waals surface area (Å²) in [5.74, 6) is -2.48. The van der Waals surface area contributed by atoms with Crippen LogP contribution >= 0.6 is 0 Å². The molecule has 9 atom stereocenters. The van der Waals surface area contributed by atoms with Crippen molar-refractivity contribution < 1.29 is 30.0 Å². The molecule has 2 aliphatic heterocycles. The maximum absolute atomic E-state index is 11.9. The molecule has 212 valence electrons. The fourth-order valence-corrected chi connectivity index (χ4v) is 5.85. The zero-order valence-electron chi connectivity index (χ0n) is 22.5. The number of amides is 3. The number of aliphatic imine (C=N–C) groups is 1. The van der Waals surface area contributed by atoms with E-state index in [9.17, 15) is 29.5 Å². The van der Waals surface area contributed by atoms with E-state index >= 15 is 0 Å². The average Bonchev–Trinajstić information content (AvgIpc) is 3.35. The van der Waals surface area contributed by atoms with Gasteiger partial charge in [0.1, 0.15) is 0 Å². The van der Waals surface area contributed by atoms with Crippen LogP contribution in [0, 0.1) is 40.9 Å². The Balaban J connectivity index is 1.92. The van der Waals surface area contributed by atoms with Crippen molar-refractivity contribution in [2.45, 2.75) is 95.8 Å². The van der Waals surface area contributed by atoms with Crippen LogP contribution in [0.25, 0.3) is 0 Å². The molecular weight excluding hydrogens is 490 g/mol. The molecule has 0 aromatic carbocycles. The average molecular weight is 535 g/mol. The normalized spacial score (nSPS) is 26.8. The van der Waals surface area contributed by atoms with Gasteiger partial charge in [-0.15, -0.1) is 0 Å². The SMILES string of the molecule is CCC(CC(C#N)CC1CC(CC(CC([NH3+])CC(CC2CC(C)C(=O)N2)C(=O)O)NC=O)N=C1N)C(N)=O. The molecule has 1 fully saturated rings. The molecule has 0 aromatic rings. The number of hydrogen-bond donors (Lipinski definition) is 6. The Morgan fingerprint density at radius 3 is 2.50 bits per heavy atom. The Kier molecular flexibility index (Phi) is 12.0. The fraction of sp³-hybridized carbons (Fsp3) is 0.769. The van der Waals surface area contributed by atoms with Crippen molar-refractivity contribution in [2.75, 3.05) is 0 Å². The second kappa shape index (κ2) is 14.7. The number of primary amides is 1. The Hall–Kier alpha value is -3.20. The van der Waals surface area contributed by atoms with E-state index in [0.717, 1.165) is 0 Å². The van der Waals surface area contributed by atoms with Crippen molar-refractivity contribution >= 4 is 30.0 Å². The first-order valence-electron chi connectivity index (χ1n) is 13.5. The standard InChI is InChI=1S/C26H43N7O5/c1-3-16(24(30)35)5-15(12-27)6-17-8-22(32-23(17)29)11-20(31-13-34)10-19(28)7-18(26(37)38)9-21-4-14(2)25(36)33-21/h13-22H,3-11,28H2,1-2H3,(H2,29,32)(H2,30,35)(H,31,34)(H,33,36)(H,37,38)/p+1. The number of carbonyl (C=O) groups is 4. The van der Waals surface area contributed by atoms with Gasteiger partial charge >= 0.3 is 5.97 Å². The minimum absolute atomic E-state index is 0.0469. The summed E-state index contributed by atoms with van der Waals surface area (Å²) < 4.78 is 0. The molecular formula is C26H44N7O5+. The van der Waals surface area contributed by atoms with Crippen LogP contribution in [0.4, 0.5) is 0 Å². The van der Waals surface area contributed by atoms with Gasteiger partial charge in [-0.3, -0.25) is 24.2 Å². The number of nitriles is 1. The smallest absolute Gasteiger partial charge is 0.306 e. The molecule has 3 amide bonds. The van der Waals surface area contributed by atoms with Gasteiger partial charge in [-0.2, -0.15) is 5.26 Å². The van der Waals surface area contributed by atoms with Crippen LogP contribution in [0.15, 0.2) is 4.99 Å². The van der Waals surface area contributed by atoms with E-state index in [2.05, 4.69) is 27.4 Å². The predicted octanol–water partition coefficient (Wildman–Crippen LogP) is -0.326. The Bertz CT molecular complexity index is 920. The fourth-order valence-electron chi connectivity index (χ4n) is 5.85. The first kappa shape index (κ1) is 31.0.